The minimum atomic E-state index is -0.445. The number of nitrogens with zero attached hydrogens (tertiary/aromatic N) is 2. The molecule has 0 fully saturated rings. The van der Waals surface area contributed by atoms with Crippen molar-refractivity contribution in [2.24, 2.45) is 0 Å². The summed E-state index contributed by atoms with van der Waals surface area (Å²) in [4.78, 5) is 33.9. The molecule has 0 radical (unpaired) electrons. The highest BCUT2D eigenvalue weighted by Crippen LogP contribution is 2.30. The van der Waals surface area contributed by atoms with Gasteiger partial charge in [-0.25, -0.2) is 4.98 Å². The number of hydrogen-bond acceptors (Lipinski definition) is 3. The van der Waals surface area contributed by atoms with Gasteiger partial charge < -0.3 is 4.98 Å². The zero-order chi connectivity index (χ0) is 15.3. The van der Waals surface area contributed by atoms with Crippen LogP contribution in [0.5, 0.6) is 0 Å². The van der Waals surface area contributed by atoms with Gasteiger partial charge in [-0.2, -0.15) is 0 Å². The quantitative estimate of drug-likeness (QED) is 0.738. The molecule has 1 atom stereocenters. The van der Waals surface area contributed by atoms with Gasteiger partial charge in [-0.15, -0.1) is 0 Å². The predicted molar refractivity (Wildman–Crippen MR) is 81.5 cm³/mol. The van der Waals surface area contributed by atoms with Crippen molar-refractivity contribution in [2.45, 2.75) is 13.0 Å². The molecule has 2 aromatic carbocycles. The number of hydrogen-bond donors (Lipinski definition) is 1. The molecule has 2 amide bonds. The zero-order valence-corrected chi connectivity index (χ0v) is 11.9. The fourth-order valence-corrected chi connectivity index (χ4v) is 2.85. The van der Waals surface area contributed by atoms with Crippen LogP contribution in [0.2, 0.25) is 0 Å². The molecule has 0 saturated heterocycles. The summed E-state index contributed by atoms with van der Waals surface area (Å²) in [6, 6.07) is 14.1. The largest absolute Gasteiger partial charge is 0.340 e. The summed E-state index contributed by atoms with van der Waals surface area (Å²) in [7, 11) is 0. The molecule has 1 N–H and O–H groups in total. The molecule has 0 unspecified atom stereocenters. The van der Waals surface area contributed by atoms with E-state index < -0.39 is 6.04 Å². The molecule has 3 aromatic rings. The average molecular weight is 291 g/mol. The monoisotopic (exact) mass is 291 g/mol. The molecule has 22 heavy (non-hydrogen) atoms. The maximum Gasteiger partial charge on any atom is 0.262 e. The van der Waals surface area contributed by atoms with Crippen LogP contribution in [0.15, 0.2) is 48.5 Å². The smallest absolute Gasteiger partial charge is 0.262 e. The normalized spacial score (nSPS) is 15.4. The number of carbonyl (C=O) groups excluding carboxylic acids is 2. The zero-order valence-electron chi connectivity index (χ0n) is 11.9. The lowest BCUT2D eigenvalue weighted by Crippen LogP contribution is -2.33. The van der Waals surface area contributed by atoms with E-state index in [1.807, 2.05) is 24.3 Å². The number of benzene rings is 2. The Morgan fingerprint density at radius 1 is 0.955 bits per heavy atom. The second-order valence-corrected chi connectivity index (χ2v) is 5.34. The van der Waals surface area contributed by atoms with E-state index in [2.05, 4.69) is 9.97 Å². The summed E-state index contributed by atoms with van der Waals surface area (Å²) in [6.45, 7) is 1.80. The van der Waals surface area contributed by atoms with E-state index in [1.54, 1.807) is 31.2 Å². The van der Waals surface area contributed by atoms with Gasteiger partial charge in [0, 0.05) is 0 Å². The topological polar surface area (TPSA) is 66.1 Å². The second-order valence-electron chi connectivity index (χ2n) is 5.34. The Bertz CT molecular complexity index is 845. The van der Waals surface area contributed by atoms with Crippen LogP contribution in [0, 0.1) is 0 Å². The number of para-hydroxylation sites is 2. The van der Waals surface area contributed by atoms with Crippen LogP contribution < -0.4 is 0 Å². The molecule has 4 rings (SSSR count). The molecule has 1 aliphatic heterocycles. The van der Waals surface area contributed by atoms with Crippen LogP contribution in [0.4, 0.5) is 0 Å². The van der Waals surface area contributed by atoms with Gasteiger partial charge in [0.05, 0.1) is 28.2 Å². The first-order chi connectivity index (χ1) is 10.7. The van der Waals surface area contributed by atoms with Crippen molar-refractivity contribution in [3.8, 4) is 0 Å². The lowest BCUT2D eigenvalue weighted by Gasteiger charge is -2.20. The minimum Gasteiger partial charge on any atom is -0.340 e. The van der Waals surface area contributed by atoms with Gasteiger partial charge in [0.15, 0.2) is 0 Å². The average Bonchev–Trinajstić information content (AvgIpc) is 3.08. The first-order valence-corrected chi connectivity index (χ1v) is 7.08. The standard InChI is InChI=1S/C17H13N3O2/c1-10(15-18-13-8-4-5-9-14(13)19-15)20-16(21)11-6-2-3-7-12(11)17(20)22/h2-10H,1H3,(H,18,19)/t10-/m0/s1. The van der Waals surface area contributed by atoms with Crippen LogP contribution in [-0.2, 0) is 0 Å². The number of amides is 2. The summed E-state index contributed by atoms with van der Waals surface area (Å²) in [6.07, 6.45) is 0. The third-order valence-corrected chi connectivity index (χ3v) is 4.02. The lowest BCUT2D eigenvalue weighted by atomic mass is 10.1. The Hall–Kier alpha value is -2.95. The van der Waals surface area contributed by atoms with Crippen molar-refractivity contribution in [3.63, 3.8) is 0 Å². The van der Waals surface area contributed by atoms with Gasteiger partial charge >= 0.3 is 0 Å². The third kappa shape index (κ3) is 1.69. The van der Waals surface area contributed by atoms with Crippen molar-refractivity contribution in [3.05, 3.63) is 65.5 Å². The molecule has 2 heterocycles. The summed E-state index contributed by atoms with van der Waals surface area (Å²) in [5.41, 5.74) is 2.62. The molecule has 0 saturated carbocycles. The molecule has 0 aliphatic carbocycles. The summed E-state index contributed by atoms with van der Waals surface area (Å²) >= 11 is 0. The molecular weight excluding hydrogens is 278 g/mol. The highest BCUT2D eigenvalue weighted by atomic mass is 16.2. The third-order valence-electron chi connectivity index (χ3n) is 4.02. The molecule has 1 aromatic heterocycles. The van der Waals surface area contributed by atoms with Gasteiger partial charge in [0.2, 0.25) is 0 Å². The van der Waals surface area contributed by atoms with E-state index >= 15 is 0 Å². The van der Waals surface area contributed by atoms with Gasteiger partial charge in [-0.1, -0.05) is 24.3 Å². The van der Waals surface area contributed by atoms with Crippen molar-refractivity contribution in [2.75, 3.05) is 0 Å². The van der Waals surface area contributed by atoms with Crippen molar-refractivity contribution in [1.82, 2.24) is 14.9 Å². The van der Waals surface area contributed by atoms with Crippen LogP contribution in [0.1, 0.15) is 39.5 Å². The molecule has 5 nitrogen and oxygen atoms in total. The highest BCUT2D eigenvalue weighted by molar-refractivity contribution is 6.21. The molecule has 0 bridgehead atoms. The minimum absolute atomic E-state index is 0.270. The number of nitrogens with one attached hydrogen (secondary N) is 1. The molecule has 0 spiro atoms. The Morgan fingerprint density at radius 3 is 2.18 bits per heavy atom. The van der Waals surface area contributed by atoms with E-state index in [1.165, 1.54) is 4.90 Å². The van der Waals surface area contributed by atoms with E-state index in [0.29, 0.717) is 17.0 Å². The fourth-order valence-electron chi connectivity index (χ4n) is 2.85. The maximum atomic E-state index is 12.5. The van der Waals surface area contributed by atoms with Crippen LogP contribution in [0.3, 0.4) is 0 Å². The first-order valence-electron chi connectivity index (χ1n) is 7.08. The Morgan fingerprint density at radius 2 is 1.55 bits per heavy atom. The molecule has 5 heteroatoms. The van der Waals surface area contributed by atoms with E-state index in [-0.39, 0.29) is 11.8 Å². The number of imidazole rings is 1. The molecular formula is C17H13N3O2. The second kappa shape index (κ2) is 4.53. The van der Waals surface area contributed by atoms with E-state index in [0.717, 1.165) is 11.0 Å². The Kier molecular flexibility index (Phi) is 2.63. The van der Waals surface area contributed by atoms with Gasteiger partial charge in [0.25, 0.3) is 11.8 Å². The fraction of sp³-hybridized carbons (Fsp3) is 0.118. The summed E-state index contributed by atoms with van der Waals surface area (Å²) in [5, 5.41) is 0. The van der Waals surface area contributed by atoms with Gasteiger partial charge in [-0.05, 0) is 31.2 Å². The summed E-state index contributed by atoms with van der Waals surface area (Å²) < 4.78 is 0. The van der Waals surface area contributed by atoms with Crippen LogP contribution >= 0.6 is 0 Å². The van der Waals surface area contributed by atoms with Gasteiger partial charge in [-0.3, -0.25) is 14.5 Å². The van der Waals surface area contributed by atoms with Crippen LogP contribution in [-0.4, -0.2) is 26.7 Å². The Balaban J connectivity index is 1.76. The number of aromatic nitrogens is 2. The van der Waals surface area contributed by atoms with Crippen LogP contribution in [0.25, 0.3) is 11.0 Å². The number of imide groups is 1. The van der Waals surface area contributed by atoms with E-state index in [4.69, 9.17) is 0 Å². The van der Waals surface area contributed by atoms with E-state index in [9.17, 15) is 9.59 Å². The maximum absolute atomic E-state index is 12.5. The SMILES string of the molecule is C[C@@H](c1nc2ccccc2[nH]1)N1C(=O)c2ccccc2C1=O. The van der Waals surface area contributed by atoms with Crippen molar-refractivity contribution < 1.29 is 9.59 Å². The number of rotatable bonds is 2. The van der Waals surface area contributed by atoms with Crippen molar-refractivity contribution in [1.29, 1.82) is 0 Å². The highest BCUT2D eigenvalue weighted by Gasteiger charge is 2.39. The van der Waals surface area contributed by atoms with Crippen molar-refractivity contribution >= 4 is 22.8 Å². The number of fused-ring (bicyclic) bond motifs is 2. The number of H-pyrrole nitrogens is 1. The summed E-state index contributed by atoms with van der Waals surface area (Å²) in [5.74, 6) is 0.0674. The lowest BCUT2D eigenvalue weighted by molar-refractivity contribution is 0.0589. The Labute approximate surface area is 126 Å². The number of aromatic amines is 1. The first kappa shape index (κ1) is 12.8. The molecule has 1 aliphatic rings. The predicted octanol–water partition coefficient (Wildman–Crippen LogP) is 2.92. The number of carbonyl (C=O) groups is 2. The van der Waals surface area contributed by atoms with Gasteiger partial charge in [0.1, 0.15) is 5.82 Å². The molecule has 108 valence electrons.